The molecule has 2 aromatic heterocycles. The van der Waals surface area contributed by atoms with Crippen LogP contribution in [0.15, 0.2) is 54.9 Å². The molecule has 0 aliphatic rings. The molecule has 2 aromatic carbocycles. The molecule has 0 aliphatic heterocycles. The molecule has 0 radical (unpaired) electrons. The average molecular weight is 453 g/mol. The van der Waals surface area contributed by atoms with Crippen molar-refractivity contribution < 1.29 is 4.79 Å². The number of rotatable bonds is 6. The Balaban J connectivity index is 1.63. The van der Waals surface area contributed by atoms with Gasteiger partial charge in [0, 0.05) is 52.0 Å². The predicted molar refractivity (Wildman–Crippen MR) is 126 cm³/mol. The van der Waals surface area contributed by atoms with Crippen molar-refractivity contribution in [3.8, 4) is 11.3 Å². The molecule has 0 fully saturated rings. The lowest BCUT2D eigenvalue weighted by Crippen LogP contribution is -2.33. The molecule has 2 heterocycles. The largest absolute Gasteiger partial charge is 0.361 e. The van der Waals surface area contributed by atoms with E-state index in [1.807, 2.05) is 36.2 Å². The Labute approximate surface area is 191 Å². The summed E-state index contributed by atoms with van der Waals surface area (Å²) >= 11 is 12.4. The van der Waals surface area contributed by atoms with Gasteiger partial charge in [-0.25, -0.2) is 9.97 Å². The number of aromatic nitrogens is 3. The predicted octanol–water partition coefficient (Wildman–Crippen LogP) is 5.94. The molecule has 4 aromatic rings. The number of benzene rings is 2. The Hall–Kier alpha value is -2.89. The standard InChI is InChI=1S/C24H22Cl2N4O/c1-3-30(9-8-16-13-28-22-7-5-4-6-20(16)22)24(31)21-14-27-15(2)29-23(21)17-10-18(25)12-19(26)11-17/h4-7,10-14,28H,3,8-9H2,1-2H3. The number of amides is 1. The van der Waals surface area contributed by atoms with Gasteiger partial charge in [-0.3, -0.25) is 4.79 Å². The third-order valence-electron chi connectivity index (χ3n) is 5.27. The first-order chi connectivity index (χ1) is 15.0. The van der Waals surface area contributed by atoms with Gasteiger partial charge in [-0.15, -0.1) is 0 Å². The van der Waals surface area contributed by atoms with Gasteiger partial charge in [-0.2, -0.15) is 0 Å². The molecule has 5 nitrogen and oxygen atoms in total. The Bertz CT molecular complexity index is 1230. The minimum absolute atomic E-state index is 0.117. The second-order valence-corrected chi connectivity index (χ2v) is 8.20. The summed E-state index contributed by atoms with van der Waals surface area (Å²) in [6, 6.07) is 13.3. The first-order valence-electron chi connectivity index (χ1n) is 10.1. The van der Waals surface area contributed by atoms with Gasteiger partial charge in [0.1, 0.15) is 5.82 Å². The van der Waals surface area contributed by atoms with Crippen LogP contribution in [0.5, 0.6) is 0 Å². The topological polar surface area (TPSA) is 61.9 Å². The number of likely N-dealkylation sites (N-methyl/N-ethyl adjacent to an activating group) is 1. The van der Waals surface area contributed by atoms with E-state index in [0.29, 0.717) is 45.8 Å². The number of carbonyl (C=O) groups excluding carboxylic acids is 1. The van der Waals surface area contributed by atoms with E-state index in [-0.39, 0.29) is 5.91 Å². The molecule has 31 heavy (non-hydrogen) atoms. The molecule has 0 saturated carbocycles. The highest BCUT2D eigenvalue weighted by Crippen LogP contribution is 2.29. The Morgan fingerprint density at radius 2 is 1.87 bits per heavy atom. The van der Waals surface area contributed by atoms with Crippen LogP contribution in [0, 0.1) is 6.92 Å². The molecular formula is C24H22Cl2N4O. The van der Waals surface area contributed by atoms with Crippen molar-refractivity contribution in [1.82, 2.24) is 19.9 Å². The first-order valence-corrected chi connectivity index (χ1v) is 10.9. The number of nitrogens with one attached hydrogen (secondary N) is 1. The van der Waals surface area contributed by atoms with Gasteiger partial charge in [0.25, 0.3) is 5.91 Å². The zero-order valence-electron chi connectivity index (χ0n) is 17.3. The summed E-state index contributed by atoms with van der Waals surface area (Å²) in [5, 5.41) is 2.16. The molecule has 0 spiro atoms. The van der Waals surface area contributed by atoms with Crippen LogP contribution in [0.4, 0.5) is 0 Å². The fourth-order valence-corrected chi connectivity index (χ4v) is 4.23. The fraction of sp³-hybridized carbons (Fsp3) is 0.208. The number of para-hydroxylation sites is 1. The maximum absolute atomic E-state index is 13.4. The lowest BCUT2D eigenvalue weighted by Gasteiger charge is -2.22. The van der Waals surface area contributed by atoms with Crippen LogP contribution in [0.1, 0.15) is 28.7 Å². The minimum atomic E-state index is -0.117. The summed E-state index contributed by atoms with van der Waals surface area (Å²) < 4.78 is 0. The summed E-state index contributed by atoms with van der Waals surface area (Å²) in [6.07, 6.45) is 4.34. The smallest absolute Gasteiger partial charge is 0.257 e. The summed E-state index contributed by atoms with van der Waals surface area (Å²) in [7, 11) is 0. The number of carbonyl (C=O) groups is 1. The van der Waals surface area contributed by atoms with Crippen molar-refractivity contribution >= 4 is 40.0 Å². The van der Waals surface area contributed by atoms with Crippen LogP contribution < -0.4 is 0 Å². The van der Waals surface area contributed by atoms with E-state index in [1.54, 1.807) is 31.3 Å². The van der Waals surface area contributed by atoms with E-state index >= 15 is 0 Å². The van der Waals surface area contributed by atoms with Crippen LogP contribution >= 0.6 is 23.2 Å². The lowest BCUT2D eigenvalue weighted by atomic mass is 10.1. The Morgan fingerprint density at radius 3 is 2.61 bits per heavy atom. The van der Waals surface area contributed by atoms with Crippen molar-refractivity contribution in [3.05, 3.63) is 81.9 Å². The highest BCUT2D eigenvalue weighted by atomic mass is 35.5. The maximum atomic E-state index is 13.4. The number of aromatic amines is 1. The number of hydrogen-bond acceptors (Lipinski definition) is 3. The lowest BCUT2D eigenvalue weighted by molar-refractivity contribution is 0.0766. The SMILES string of the molecule is CCN(CCc1c[nH]c2ccccc12)C(=O)c1cnc(C)nc1-c1cc(Cl)cc(Cl)c1. The summed E-state index contributed by atoms with van der Waals surface area (Å²) in [4.78, 5) is 27.3. The molecule has 0 atom stereocenters. The molecule has 0 bridgehead atoms. The number of nitrogens with zero attached hydrogens (tertiary/aromatic N) is 3. The van der Waals surface area contributed by atoms with Crippen molar-refractivity contribution in [2.45, 2.75) is 20.3 Å². The highest BCUT2D eigenvalue weighted by molar-refractivity contribution is 6.35. The van der Waals surface area contributed by atoms with E-state index in [9.17, 15) is 4.79 Å². The van der Waals surface area contributed by atoms with Crippen LogP contribution in [0.2, 0.25) is 10.0 Å². The van der Waals surface area contributed by atoms with Gasteiger partial charge in [0.05, 0.1) is 11.3 Å². The third kappa shape index (κ3) is 4.58. The van der Waals surface area contributed by atoms with Gasteiger partial charge >= 0.3 is 0 Å². The molecule has 7 heteroatoms. The summed E-state index contributed by atoms with van der Waals surface area (Å²) in [5.74, 6) is 0.456. The zero-order chi connectivity index (χ0) is 22.0. The van der Waals surface area contributed by atoms with Gasteiger partial charge in [0.15, 0.2) is 0 Å². The van der Waals surface area contributed by atoms with E-state index in [4.69, 9.17) is 23.2 Å². The van der Waals surface area contributed by atoms with Crippen molar-refractivity contribution in [2.24, 2.45) is 0 Å². The molecular weight excluding hydrogens is 431 g/mol. The maximum Gasteiger partial charge on any atom is 0.257 e. The monoisotopic (exact) mass is 452 g/mol. The number of aryl methyl sites for hydroxylation is 1. The minimum Gasteiger partial charge on any atom is -0.361 e. The Kier molecular flexibility index (Phi) is 6.25. The van der Waals surface area contributed by atoms with Gasteiger partial charge in [0.2, 0.25) is 0 Å². The van der Waals surface area contributed by atoms with Crippen LogP contribution in [0.25, 0.3) is 22.2 Å². The van der Waals surface area contributed by atoms with E-state index in [1.165, 1.54) is 10.9 Å². The molecule has 158 valence electrons. The van der Waals surface area contributed by atoms with E-state index < -0.39 is 0 Å². The molecule has 4 rings (SSSR count). The van der Waals surface area contributed by atoms with Gasteiger partial charge in [-0.05, 0) is 50.1 Å². The second-order valence-electron chi connectivity index (χ2n) is 7.33. The van der Waals surface area contributed by atoms with Gasteiger partial charge < -0.3 is 9.88 Å². The highest BCUT2D eigenvalue weighted by Gasteiger charge is 2.21. The van der Waals surface area contributed by atoms with Crippen LogP contribution in [0.3, 0.4) is 0 Å². The number of H-pyrrole nitrogens is 1. The quantitative estimate of drug-likeness (QED) is 0.393. The van der Waals surface area contributed by atoms with Crippen molar-refractivity contribution in [3.63, 3.8) is 0 Å². The van der Waals surface area contributed by atoms with E-state index in [0.717, 1.165) is 11.9 Å². The summed E-state index contributed by atoms with van der Waals surface area (Å²) in [5.41, 5.74) is 3.94. The first kappa shape index (κ1) is 21.3. The average Bonchev–Trinajstić information content (AvgIpc) is 3.16. The number of fused-ring (bicyclic) bond motifs is 1. The van der Waals surface area contributed by atoms with Crippen molar-refractivity contribution in [2.75, 3.05) is 13.1 Å². The molecule has 0 saturated heterocycles. The number of halogens is 2. The zero-order valence-corrected chi connectivity index (χ0v) is 18.8. The number of hydrogen-bond donors (Lipinski definition) is 1. The second kappa shape index (κ2) is 9.08. The normalized spacial score (nSPS) is 11.1. The van der Waals surface area contributed by atoms with Crippen molar-refractivity contribution in [1.29, 1.82) is 0 Å². The van der Waals surface area contributed by atoms with Gasteiger partial charge in [-0.1, -0.05) is 41.4 Å². The molecule has 0 unspecified atom stereocenters. The third-order valence-corrected chi connectivity index (χ3v) is 5.71. The molecule has 1 N–H and O–H groups in total. The summed E-state index contributed by atoms with van der Waals surface area (Å²) in [6.45, 7) is 4.92. The molecule has 0 aliphatic carbocycles. The van der Waals surface area contributed by atoms with E-state index in [2.05, 4.69) is 21.0 Å². The van der Waals surface area contributed by atoms with Crippen LogP contribution in [-0.2, 0) is 6.42 Å². The van der Waals surface area contributed by atoms with Crippen LogP contribution in [-0.4, -0.2) is 38.8 Å². The Morgan fingerprint density at radius 1 is 1.13 bits per heavy atom. The molecule has 1 amide bonds. The fourth-order valence-electron chi connectivity index (χ4n) is 3.70.